The predicted octanol–water partition coefficient (Wildman–Crippen LogP) is 0.590. The van der Waals surface area contributed by atoms with Crippen LogP contribution < -0.4 is 0 Å². The number of nitrogens with zero attached hydrogens (tertiary/aromatic N) is 4. The lowest BCUT2D eigenvalue weighted by molar-refractivity contribution is 0.0730. The fourth-order valence-corrected chi connectivity index (χ4v) is 7.30. The maximum atomic E-state index is 13.2. The van der Waals surface area contributed by atoms with Crippen molar-refractivity contribution in [3.63, 3.8) is 0 Å². The molecule has 10 nitrogen and oxygen atoms in total. The molecule has 0 amide bonds. The molecule has 2 fully saturated rings. The normalized spacial score (nSPS) is 19.3. The SMILES string of the molecule is Cc1nn(Cc2cccc(S(=O)(=O)N3CCOCC3)c2)c(C)c1S(=O)(=O)N1CCOCC1. The summed E-state index contributed by atoms with van der Waals surface area (Å²) >= 11 is 0. The van der Waals surface area contributed by atoms with Crippen molar-refractivity contribution in [1.82, 2.24) is 18.4 Å². The smallest absolute Gasteiger partial charge is 0.246 e. The Hall–Kier alpha value is -1.83. The quantitative estimate of drug-likeness (QED) is 0.590. The zero-order valence-corrected chi connectivity index (χ0v) is 19.9. The van der Waals surface area contributed by atoms with Crippen molar-refractivity contribution in [2.45, 2.75) is 30.2 Å². The molecule has 0 radical (unpaired) electrons. The summed E-state index contributed by atoms with van der Waals surface area (Å²) in [6.07, 6.45) is 0. The van der Waals surface area contributed by atoms with E-state index in [1.165, 1.54) is 8.61 Å². The average Bonchev–Trinajstić information content (AvgIpc) is 3.08. The van der Waals surface area contributed by atoms with Gasteiger partial charge in [-0.05, 0) is 31.5 Å². The van der Waals surface area contributed by atoms with E-state index in [0.29, 0.717) is 64.0 Å². The van der Waals surface area contributed by atoms with Crippen molar-refractivity contribution in [1.29, 1.82) is 0 Å². The lowest BCUT2D eigenvalue weighted by Crippen LogP contribution is -2.41. The number of rotatable bonds is 6. The number of ether oxygens (including phenoxy) is 2. The number of aromatic nitrogens is 2. The first-order chi connectivity index (χ1) is 15.2. The monoisotopic (exact) mass is 484 g/mol. The topological polar surface area (TPSA) is 111 Å². The summed E-state index contributed by atoms with van der Waals surface area (Å²) in [5.74, 6) is 0. The maximum Gasteiger partial charge on any atom is 0.246 e. The molecule has 0 spiro atoms. The van der Waals surface area contributed by atoms with Gasteiger partial charge in [-0.2, -0.15) is 13.7 Å². The van der Waals surface area contributed by atoms with Gasteiger partial charge in [-0.1, -0.05) is 12.1 Å². The Kier molecular flexibility index (Phi) is 6.71. The van der Waals surface area contributed by atoms with Crippen LogP contribution in [0.5, 0.6) is 0 Å². The van der Waals surface area contributed by atoms with E-state index >= 15 is 0 Å². The number of sulfonamides is 2. The molecule has 0 aliphatic carbocycles. The zero-order chi connectivity index (χ0) is 22.9. The fraction of sp³-hybridized carbons (Fsp3) is 0.550. The predicted molar refractivity (Wildman–Crippen MR) is 116 cm³/mol. The van der Waals surface area contributed by atoms with Gasteiger partial charge in [0.05, 0.1) is 49.3 Å². The van der Waals surface area contributed by atoms with Gasteiger partial charge >= 0.3 is 0 Å². The molecule has 176 valence electrons. The Balaban J connectivity index is 1.60. The molecule has 0 atom stereocenters. The van der Waals surface area contributed by atoms with Gasteiger partial charge in [0.1, 0.15) is 4.90 Å². The first-order valence-electron chi connectivity index (χ1n) is 10.5. The highest BCUT2D eigenvalue weighted by atomic mass is 32.2. The van der Waals surface area contributed by atoms with Crippen LogP contribution in [-0.4, -0.2) is 87.8 Å². The molecule has 1 aromatic carbocycles. The standard InChI is InChI=1S/C20H28N4O6S2/c1-16-20(32(27,28)23-8-12-30-13-9-23)17(2)24(21-16)15-18-4-3-5-19(14-18)31(25,26)22-6-10-29-11-7-22/h3-5,14H,6-13,15H2,1-2H3. The molecule has 1 aromatic heterocycles. The molecule has 32 heavy (non-hydrogen) atoms. The van der Waals surface area contributed by atoms with Crippen molar-refractivity contribution in [3.8, 4) is 0 Å². The molecule has 2 saturated heterocycles. The van der Waals surface area contributed by atoms with Gasteiger partial charge in [0.15, 0.2) is 0 Å². The average molecular weight is 485 g/mol. The van der Waals surface area contributed by atoms with Crippen LogP contribution in [0.3, 0.4) is 0 Å². The van der Waals surface area contributed by atoms with Gasteiger partial charge in [-0.15, -0.1) is 0 Å². The molecule has 2 aliphatic heterocycles. The van der Waals surface area contributed by atoms with Gasteiger partial charge in [0.2, 0.25) is 20.0 Å². The molecular weight excluding hydrogens is 456 g/mol. The van der Waals surface area contributed by atoms with E-state index in [1.807, 2.05) is 6.07 Å². The highest BCUT2D eigenvalue weighted by Gasteiger charge is 2.32. The summed E-state index contributed by atoms with van der Waals surface area (Å²) in [6, 6.07) is 6.70. The molecule has 0 saturated carbocycles. The minimum Gasteiger partial charge on any atom is -0.379 e. The van der Waals surface area contributed by atoms with Crippen molar-refractivity contribution in [2.75, 3.05) is 52.6 Å². The summed E-state index contributed by atoms with van der Waals surface area (Å²) in [6.45, 7) is 6.44. The second-order valence-electron chi connectivity index (χ2n) is 7.84. The summed E-state index contributed by atoms with van der Waals surface area (Å²) in [5.41, 5.74) is 1.67. The Bertz CT molecular complexity index is 1180. The van der Waals surface area contributed by atoms with Crippen LogP contribution in [0.15, 0.2) is 34.1 Å². The van der Waals surface area contributed by atoms with Crippen LogP contribution in [0.4, 0.5) is 0 Å². The molecule has 3 heterocycles. The van der Waals surface area contributed by atoms with E-state index in [2.05, 4.69) is 5.10 Å². The summed E-state index contributed by atoms with van der Waals surface area (Å²) in [4.78, 5) is 0.413. The van der Waals surface area contributed by atoms with Gasteiger partial charge in [-0.25, -0.2) is 16.8 Å². The van der Waals surface area contributed by atoms with Gasteiger partial charge in [0, 0.05) is 26.2 Å². The minimum atomic E-state index is -3.69. The second kappa shape index (κ2) is 9.20. The van der Waals surface area contributed by atoms with E-state index in [-0.39, 0.29) is 16.3 Å². The molecule has 4 rings (SSSR count). The zero-order valence-electron chi connectivity index (χ0n) is 18.2. The molecule has 2 aliphatic rings. The Morgan fingerprint density at radius 1 is 0.875 bits per heavy atom. The Labute approximate surface area is 188 Å². The molecular formula is C20H28N4O6S2. The number of aryl methyl sites for hydroxylation is 1. The van der Waals surface area contributed by atoms with Crippen molar-refractivity contribution >= 4 is 20.0 Å². The number of morpholine rings is 2. The lowest BCUT2D eigenvalue weighted by Gasteiger charge is -2.26. The first kappa shape index (κ1) is 23.3. The summed E-state index contributed by atoms with van der Waals surface area (Å²) in [7, 11) is -7.30. The molecule has 0 N–H and O–H groups in total. The van der Waals surface area contributed by atoms with E-state index in [4.69, 9.17) is 9.47 Å². The van der Waals surface area contributed by atoms with Crippen molar-refractivity contribution < 1.29 is 26.3 Å². The van der Waals surface area contributed by atoms with Crippen LogP contribution in [0.25, 0.3) is 0 Å². The maximum absolute atomic E-state index is 13.2. The molecule has 2 aromatic rings. The Morgan fingerprint density at radius 3 is 2.03 bits per heavy atom. The van der Waals surface area contributed by atoms with Crippen LogP contribution in [-0.2, 0) is 36.1 Å². The van der Waals surface area contributed by atoms with Gasteiger partial charge in [-0.3, -0.25) is 4.68 Å². The fourth-order valence-electron chi connectivity index (χ4n) is 4.04. The van der Waals surface area contributed by atoms with E-state index < -0.39 is 20.0 Å². The van der Waals surface area contributed by atoms with E-state index in [0.717, 1.165) is 5.56 Å². The number of benzene rings is 1. The third kappa shape index (κ3) is 4.47. The van der Waals surface area contributed by atoms with Crippen LogP contribution in [0.2, 0.25) is 0 Å². The van der Waals surface area contributed by atoms with Crippen molar-refractivity contribution in [3.05, 3.63) is 41.2 Å². The second-order valence-corrected chi connectivity index (χ2v) is 11.7. The van der Waals surface area contributed by atoms with E-state index in [9.17, 15) is 16.8 Å². The third-order valence-corrected chi connectivity index (χ3v) is 9.77. The molecule has 12 heteroatoms. The van der Waals surface area contributed by atoms with Crippen LogP contribution in [0.1, 0.15) is 17.0 Å². The first-order valence-corrected chi connectivity index (χ1v) is 13.4. The van der Waals surface area contributed by atoms with Crippen LogP contribution >= 0.6 is 0 Å². The highest BCUT2D eigenvalue weighted by Crippen LogP contribution is 2.25. The van der Waals surface area contributed by atoms with Crippen molar-refractivity contribution in [2.24, 2.45) is 0 Å². The molecule has 0 unspecified atom stereocenters. The number of hydrogen-bond donors (Lipinski definition) is 0. The number of hydrogen-bond acceptors (Lipinski definition) is 7. The third-order valence-electron chi connectivity index (χ3n) is 5.72. The summed E-state index contributed by atoms with van der Waals surface area (Å²) < 4.78 is 67.3. The van der Waals surface area contributed by atoms with Gasteiger partial charge in [0.25, 0.3) is 0 Å². The lowest BCUT2D eigenvalue weighted by atomic mass is 10.2. The van der Waals surface area contributed by atoms with Crippen LogP contribution in [0, 0.1) is 13.8 Å². The largest absolute Gasteiger partial charge is 0.379 e. The highest BCUT2D eigenvalue weighted by molar-refractivity contribution is 7.89. The van der Waals surface area contributed by atoms with Gasteiger partial charge < -0.3 is 9.47 Å². The van der Waals surface area contributed by atoms with E-state index in [1.54, 1.807) is 36.7 Å². The molecule has 0 bridgehead atoms. The Morgan fingerprint density at radius 2 is 1.44 bits per heavy atom. The minimum absolute atomic E-state index is 0.205. The summed E-state index contributed by atoms with van der Waals surface area (Å²) in [5, 5.41) is 4.45.